The normalized spacial score (nSPS) is 12.4. The van der Waals surface area contributed by atoms with E-state index in [0.717, 1.165) is 28.2 Å². The second kappa shape index (κ2) is 7.75. The molecule has 0 saturated heterocycles. The van der Waals surface area contributed by atoms with Gasteiger partial charge in [0.1, 0.15) is 12.4 Å². The van der Waals surface area contributed by atoms with Gasteiger partial charge in [-0.3, -0.25) is 4.79 Å². The maximum atomic E-state index is 11.9. The predicted octanol–water partition coefficient (Wildman–Crippen LogP) is 3.24. The first kappa shape index (κ1) is 16.9. The van der Waals surface area contributed by atoms with Crippen LogP contribution in [0.5, 0.6) is 17.2 Å². The molecule has 0 unspecified atom stereocenters. The number of benzene rings is 2. The van der Waals surface area contributed by atoms with Gasteiger partial charge >= 0.3 is 0 Å². The van der Waals surface area contributed by atoms with Crippen LogP contribution in [-0.4, -0.2) is 25.9 Å². The Labute approximate surface area is 147 Å². The van der Waals surface area contributed by atoms with Gasteiger partial charge in [0, 0.05) is 6.08 Å². The third-order valence-electron chi connectivity index (χ3n) is 3.83. The lowest BCUT2D eigenvalue weighted by atomic mass is 10.1. The molecule has 0 radical (unpaired) electrons. The van der Waals surface area contributed by atoms with Crippen molar-refractivity contribution in [3.8, 4) is 17.2 Å². The van der Waals surface area contributed by atoms with Gasteiger partial charge in [-0.25, -0.2) is 0 Å². The van der Waals surface area contributed by atoms with Gasteiger partial charge in [0.15, 0.2) is 11.5 Å². The zero-order chi connectivity index (χ0) is 17.6. The fourth-order valence-electron chi connectivity index (χ4n) is 2.45. The van der Waals surface area contributed by atoms with Crippen LogP contribution >= 0.6 is 0 Å². The van der Waals surface area contributed by atoms with Crippen LogP contribution in [-0.2, 0) is 4.79 Å². The highest BCUT2D eigenvalue weighted by Gasteiger charge is 2.12. The van der Waals surface area contributed by atoms with Gasteiger partial charge < -0.3 is 19.5 Å². The molecule has 2 aromatic carbocycles. The average Bonchev–Trinajstić information content (AvgIpc) is 3.07. The van der Waals surface area contributed by atoms with Crippen molar-refractivity contribution in [1.82, 2.24) is 5.32 Å². The van der Waals surface area contributed by atoms with E-state index in [0.29, 0.717) is 18.9 Å². The number of rotatable bonds is 6. The van der Waals surface area contributed by atoms with Gasteiger partial charge in [0.05, 0.1) is 6.54 Å². The van der Waals surface area contributed by atoms with Crippen LogP contribution in [0, 0.1) is 13.8 Å². The second-order valence-electron chi connectivity index (χ2n) is 5.85. The summed E-state index contributed by atoms with van der Waals surface area (Å²) in [6, 6.07) is 11.6. The van der Waals surface area contributed by atoms with E-state index in [9.17, 15) is 4.79 Å². The van der Waals surface area contributed by atoms with E-state index in [1.165, 1.54) is 6.08 Å². The number of nitrogens with one attached hydrogen (secondary N) is 1. The highest BCUT2D eigenvalue weighted by molar-refractivity contribution is 5.91. The molecular formula is C20H21NO4. The zero-order valence-electron chi connectivity index (χ0n) is 14.4. The van der Waals surface area contributed by atoms with Crippen molar-refractivity contribution in [3.05, 3.63) is 59.2 Å². The summed E-state index contributed by atoms with van der Waals surface area (Å²) in [5.74, 6) is 2.11. The van der Waals surface area contributed by atoms with E-state index < -0.39 is 0 Å². The first-order chi connectivity index (χ1) is 12.1. The minimum absolute atomic E-state index is 0.165. The van der Waals surface area contributed by atoms with Crippen molar-refractivity contribution >= 4 is 12.0 Å². The molecule has 2 aromatic rings. The molecule has 1 aliphatic rings. The molecule has 5 nitrogen and oxygen atoms in total. The third-order valence-corrected chi connectivity index (χ3v) is 3.83. The van der Waals surface area contributed by atoms with Crippen LogP contribution in [0.3, 0.4) is 0 Å². The summed E-state index contributed by atoms with van der Waals surface area (Å²) < 4.78 is 16.3. The minimum Gasteiger partial charge on any atom is -0.491 e. The average molecular weight is 339 g/mol. The van der Waals surface area contributed by atoms with Gasteiger partial charge in [0.2, 0.25) is 12.7 Å². The van der Waals surface area contributed by atoms with Crippen molar-refractivity contribution in [2.75, 3.05) is 19.9 Å². The van der Waals surface area contributed by atoms with Crippen LogP contribution in [0.15, 0.2) is 42.5 Å². The Hall–Kier alpha value is -2.95. The standard InChI is InChI=1S/C20H21NO4/c1-14-3-4-15(2)18(11-14)23-10-9-21-20(22)8-6-16-5-7-17-19(12-16)25-13-24-17/h3-8,11-12H,9-10,13H2,1-2H3,(H,21,22)/b8-6+. The fraction of sp³-hybridized carbons (Fsp3) is 0.250. The van der Waals surface area contributed by atoms with E-state index in [4.69, 9.17) is 14.2 Å². The molecule has 0 saturated carbocycles. The molecule has 3 rings (SSSR count). The quantitative estimate of drug-likeness (QED) is 0.648. The number of hydrogen-bond acceptors (Lipinski definition) is 4. The first-order valence-corrected chi connectivity index (χ1v) is 8.17. The summed E-state index contributed by atoms with van der Waals surface area (Å²) in [5.41, 5.74) is 3.11. The molecule has 1 N–H and O–H groups in total. The van der Waals surface area contributed by atoms with E-state index >= 15 is 0 Å². The van der Waals surface area contributed by atoms with Crippen LogP contribution < -0.4 is 19.5 Å². The molecule has 1 amide bonds. The van der Waals surface area contributed by atoms with E-state index in [-0.39, 0.29) is 12.7 Å². The molecule has 1 aliphatic heterocycles. The molecule has 130 valence electrons. The van der Waals surface area contributed by atoms with Crippen molar-refractivity contribution in [1.29, 1.82) is 0 Å². The Morgan fingerprint density at radius 1 is 1.16 bits per heavy atom. The smallest absolute Gasteiger partial charge is 0.244 e. The van der Waals surface area contributed by atoms with Crippen molar-refractivity contribution < 1.29 is 19.0 Å². The van der Waals surface area contributed by atoms with Gasteiger partial charge in [0.25, 0.3) is 0 Å². The Bertz CT molecular complexity index is 798. The number of ether oxygens (including phenoxy) is 3. The Morgan fingerprint density at radius 2 is 2.00 bits per heavy atom. The topological polar surface area (TPSA) is 56.8 Å². The molecule has 0 spiro atoms. The minimum atomic E-state index is -0.165. The van der Waals surface area contributed by atoms with Crippen LogP contribution in [0.1, 0.15) is 16.7 Å². The summed E-state index contributed by atoms with van der Waals surface area (Å²) in [6.45, 7) is 5.13. The summed E-state index contributed by atoms with van der Waals surface area (Å²) in [7, 11) is 0. The van der Waals surface area contributed by atoms with Gasteiger partial charge in [-0.05, 0) is 54.8 Å². The van der Waals surface area contributed by atoms with Crippen molar-refractivity contribution in [2.24, 2.45) is 0 Å². The number of aryl methyl sites for hydroxylation is 2. The summed E-state index contributed by atoms with van der Waals surface area (Å²) >= 11 is 0. The van der Waals surface area contributed by atoms with Gasteiger partial charge in [-0.15, -0.1) is 0 Å². The number of hydrogen-bond donors (Lipinski definition) is 1. The summed E-state index contributed by atoms with van der Waals surface area (Å²) in [5, 5.41) is 2.80. The maximum absolute atomic E-state index is 11.9. The molecule has 5 heteroatoms. The number of fused-ring (bicyclic) bond motifs is 1. The largest absolute Gasteiger partial charge is 0.491 e. The molecule has 25 heavy (non-hydrogen) atoms. The fourth-order valence-corrected chi connectivity index (χ4v) is 2.45. The SMILES string of the molecule is Cc1ccc(C)c(OCCNC(=O)/C=C/c2ccc3c(c2)OCO3)c1. The molecule has 0 atom stereocenters. The highest BCUT2D eigenvalue weighted by atomic mass is 16.7. The molecule has 1 heterocycles. The number of carbonyl (C=O) groups is 1. The lowest BCUT2D eigenvalue weighted by Crippen LogP contribution is -2.26. The van der Waals surface area contributed by atoms with E-state index in [2.05, 4.69) is 5.32 Å². The van der Waals surface area contributed by atoms with Crippen LogP contribution in [0.4, 0.5) is 0 Å². The van der Waals surface area contributed by atoms with Crippen molar-refractivity contribution in [3.63, 3.8) is 0 Å². The van der Waals surface area contributed by atoms with Crippen LogP contribution in [0.25, 0.3) is 6.08 Å². The molecule has 0 aliphatic carbocycles. The van der Waals surface area contributed by atoms with E-state index in [1.807, 2.05) is 50.2 Å². The lowest BCUT2D eigenvalue weighted by Gasteiger charge is -2.10. The zero-order valence-corrected chi connectivity index (χ0v) is 14.4. The third kappa shape index (κ3) is 4.53. The Kier molecular flexibility index (Phi) is 5.23. The summed E-state index contributed by atoms with van der Waals surface area (Å²) in [4.78, 5) is 11.9. The Balaban J connectivity index is 1.44. The monoisotopic (exact) mass is 339 g/mol. The predicted molar refractivity (Wildman–Crippen MR) is 96.0 cm³/mol. The molecule has 0 aromatic heterocycles. The first-order valence-electron chi connectivity index (χ1n) is 8.17. The lowest BCUT2D eigenvalue weighted by molar-refractivity contribution is -0.116. The Morgan fingerprint density at radius 3 is 2.88 bits per heavy atom. The number of amides is 1. The molecular weight excluding hydrogens is 318 g/mol. The van der Waals surface area contributed by atoms with E-state index in [1.54, 1.807) is 6.08 Å². The maximum Gasteiger partial charge on any atom is 0.244 e. The molecule has 0 bridgehead atoms. The number of carbonyl (C=O) groups excluding carboxylic acids is 1. The summed E-state index contributed by atoms with van der Waals surface area (Å²) in [6.07, 6.45) is 3.23. The van der Waals surface area contributed by atoms with Gasteiger partial charge in [-0.2, -0.15) is 0 Å². The molecule has 0 fully saturated rings. The highest BCUT2D eigenvalue weighted by Crippen LogP contribution is 2.32. The van der Waals surface area contributed by atoms with Crippen molar-refractivity contribution in [2.45, 2.75) is 13.8 Å². The second-order valence-corrected chi connectivity index (χ2v) is 5.85. The van der Waals surface area contributed by atoms with Gasteiger partial charge in [-0.1, -0.05) is 18.2 Å². The van der Waals surface area contributed by atoms with Crippen LogP contribution in [0.2, 0.25) is 0 Å².